The predicted octanol–water partition coefficient (Wildman–Crippen LogP) is 3.29. The minimum absolute atomic E-state index is 0.448. The lowest BCUT2D eigenvalue weighted by atomic mass is 10.1. The Kier molecular flexibility index (Phi) is 4.17. The lowest BCUT2D eigenvalue weighted by Gasteiger charge is -2.17. The first-order valence-electron chi connectivity index (χ1n) is 6.32. The molecule has 1 aromatic rings. The number of amidine groups is 1. The molecule has 1 N–H and O–H groups in total. The predicted molar refractivity (Wildman–Crippen MR) is 82.9 cm³/mol. The van der Waals surface area contributed by atoms with Crippen molar-refractivity contribution in [3.63, 3.8) is 0 Å². The van der Waals surface area contributed by atoms with Gasteiger partial charge in [0.2, 0.25) is 0 Å². The smallest absolute Gasteiger partial charge is 0.161 e. The van der Waals surface area contributed by atoms with Crippen LogP contribution in [0.1, 0.15) is 13.8 Å². The van der Waals surface area contributed by atoms with E-state index < -0.39 is 0 Å². The van der Waals surface area contributed by atoms with Gasteiger partial charge in [-0.15, -0.1) is 0 Å². The van der Waals surface area contributed by atoms with Crippen molar-refractivity contribution in [2.24, 2.45) is 10.9 Å². The van der Waals surface area contributed by atoms with Crippen molar-refractivity contribution in [2.45, 2.75) is 19.9 Å². The van der Waals surface area contributed by atoms with E-state index in [0.717, 1.165) is 16.6 Å². The fraction of sp³-hybridized carbons (Fsp3) is 0.500. The molecule has 0 amide bonds. The van der Waals surface area contributed by atoms with Crippen molar-refractivity contribution in [2.75, 3.05) is 30.1 Å². The molecule has 1 aromatic carbocycles. The summed E-state index contributed by atoms with van der Waals surface area (Å²) in [6.07, 6.45) is 0. The normalized spacial score (nSPS) is 18.9. The van der Waals surface area contributed by atoms with E-state index in [-0.39, 0.29) is 0 Å². The van der Waals surface area contributed by atoms with Gasteiger partial charge in [0.1, 0.15) is 0 Å². The molecular formula is C14H21N3S. The first kappa shape index (κ1) is 13.3. The Hall–Kier alpha value is -1.16. The number of nitrogens with one attached hydrogen (secondary N) is 1. The molecule has 1 aliphatic heterocycles. The summed E-state index contributed by atoms with van der Waals surface area (Å²) in [5.41, 5.74) is 2.31. The van der Waals surface area contributed by atoms with Crippen LogP contribution in [0.2, 0.25) is 0 Å². The molecule has 1 heterocycles. The highest BCUT2D eigenvalue weighted by molar-refractivity contribution is 8.14. The molecule has 0 saturated carbocycles. The van der Waals surface area contributed by atoms with Crippen LogP contribution in [0.5, 0.6) is 0 Å². The fourth-order valence-corrected chi connectivity index (χ4v) is 3.06. The summed E-state index contributed by atoms with van der Waals surface area (Å²) in [6, 6.07) is 8.77. The number of nitrogens with zero attached hydrogens (tertiary/aromatic N) is 2. The zero-order valence-electron chi connectivity index (χ0n) is 11.5. The minimum atomic E-state index is 0.448. The molecule has 1 aliphatic rings. The summed E-state index contributed by atoms with van der Waals surface area (Å²) >= 11 is 1.81. The average molecular weight is 263 g/mol. The third kappa shape index (κ3) is 2.99. The maximum Gasteiger partial charge on any atom is 0.161 e. The van der Waals surface area contributed by atoms with Gasteiger partial charge in [0.05, 0.1) is 17.4 Å². The van der Waals surface area contributed by atoms with Crippen molar-refractivity contribution in [1.82, 2.24) is 0 Å². The molecule has 18 heavy (non-hydrogen) atoms. The molecule has 4 heteroatoms. The maximum absolute atomic E-state index is 4.73. The Bertz CT molecular complexity index is 440. The third-order valence-electron chi connectivity index (χ3n) is 3.07. The number of para-hydroxylation sites is 2. The van der Waals surface area contributed by atoms with Crippen LogP contribution in [0.4, 0.5) is 11.4 Å². The van der Waals surface area contributed by atoms with Crippen LogP contribution in [0.3, 0.4) is 0 Å². The van der Waals surface area contributed by atoms with E-state index in [2.05, 4.69) is 62.4 Å². The van der Waals surface area contributed by atoms with E-state index in [1.54, 1.807) is 0 Å². The lowest BCUT2D eigenvalue weighted by Crippen LogP contribution is -2.14. The molecule has 0 spiro atoms. The van der Waals surface area contributed by atoms with E-state index in [4.69, 9.17) is 4.99 Å². The van der Waals surface area contributed by atoms with Crippen LogP contribution in [0.25, 0.3) is 0 Å². The van der Waals surface area contributed by atoms with Gasteiger partial charge in [-0.2, -0.15) is 0 Å². The Labute approximate surface area is 114 Å². The van der Waals surface area contributed by atoms with Crippen LogP contribution in [0.15, 0.2) is 29.3 Å². The average Bonchev–Trinajstić information content (AvgIpc) is 2.78. The van der Waals surface area contributed by atoms with Crippen LogP contribution in [-0.4, -0.2) is 31.1 Å². The Balaban J connectivity index is 2.13. The van der Waals surface area contributed by atoms with Crippen LogP contribution in [0, 0.1) is 5.92 Å². The van der Waals surface area contributed by atoms with E-state index in [1.165, 1.54) is 5.69 Å². The fourth-order valence-electron chi connectivity index (χ4n) is 1.88. The highest BCUT2D eigenvalue weighted by Crippen LogP contribution is 2.28. The number of rotatable bonds is 3. The first-order chi connectivity index (χ1) is 8.58. The van der Waals surface area contributed by atoms with Crippen LogP contribution < -0.4 is 10.2 Å². The van der Waals surface area contributed by atoms with Crippen molar-refractivity contribution in [3.8, 4) is 0 Å². The number of hydrogen-bond donors (Lipinski definition) is 1. The maximum atomic E-state index is 4.73. The van der Waals surface area contributed by atoms with Gasteiger partial charge in [0, 0.05) is 19.8 Å². The summed E-state index contributed by atoms with van der Waals surface area (Å²) in [5, 5.41) is 4.49. The van der Waals surface area contributed by atoms with Crippen LogP contribution >= 0.6 is 11.8 Å². The topological polar surface area (TPSA) is 27.6 Å². The number of benzene rings is 1. The van der Waals surface area contributed by atoms with Crippen molar-refractivity contribution in [1.29, 1.82) is 0 Å². The quantitative estimate of drug-likeness (QED) is 0.907. The first-order valence-corrected chi connectivity index (χ1v) is 7.30. The summed E-state index contributed by atoms with van der Waals surface area (Å²) in [6.45, 7) is 4.46. The molecule has 0 aromatic heterocycles. The van der Waals surface area contributed by atoms with Crippen LogP contribution in [-0.2, 0) is 0 Å². The second kappa shape index (κ2) is 5.65. The molecule has 1 unspecified atom stereocenters. The van der Waals surface area contributed by atoms with Crippen molar-refractivity contribution >= 4 is 28.3 Å². The summed E-state index contributed by atoms with van der Waals surface area (Å²) in [5.74, 6) is 1.70. The molecule has 2 rings (SSSR count). The highest BCUT2D eigenvalue weighted by Gasteiger charge is 2.21. The Morgan fingerprint density at radius 2 is 2.06 bits per heavy atom. The van der Waals surface area contributed by atoms with Gasteiger partial charge in [-0.3, -0.25) is 4.99 Å². The number of hydrogen-bond acceptors (Lipinski definition) is 4. The summed E-state index contributed by atoms with van der Waals surface area (Å²) < 4.78 is 0. The van der Waals surface area contributed by atoms with Gasteiger partial charge in [-0.25, -0.2) is 0 Å². The summed E-state index contributed by atoms with van der Waals surface area (Å²) in [4.78, 5) is 6.85. The molecule has 0 saturated heterocycles. The zero-order valence-corrected chi connectivity index (χ0v) is 12.3. The standard InChI is InChI=1S/C14H21N3S/c1-10(2)12-9-18-14(16-12)15-11-7-5-6-8-13(11)17(3)4/h5-8,10,12H,9H2,1-4H3,(H,15,16). The molecule has 0 radical (unpaired) electrons. The molecule has 98 valence electrons. The van der Waals surface area contributed by atoms with Crippen molar-refractivity contribution in [3.05, 3.63) is 24.3 Å². The minimum Gasteiger partial charge on any atom is -0.376 e. The van der Waals surface area contributed by atoms with E-state index in [1.807, 2.05) is 11.8 Å². The van der Waals surface area contributed by atoms with E-state index in [9.17, 15) is 0 Å². The molecule has 0 fully saturated rings. The number of thioether (sulfide) groups is 1. The molecule has 3 nitrogen and oxygen atoms in total. The Morgan fingerprint density at radius 1 is 1.33 bits per heavy atom. The lowest BCUT2D eigenvalue weighted by molar-refractivity contribution is 0.543. The molecular weight excluding hydrogens is 242 g/mol. The van der Waals surface area contributed by atoms with Gasteiger partial charge in [-0.1, -0.05) is 37.7 Å². The molecule has 0 bridgehead atoms. The van der Waals surface area contributed by atoms with E-state index >= 15 is 0 Å². The van der Waals surface area contributed by atoms with Gasteiger partial charge >= 0.3 is 0 Å². The van der Waals surface area contributed by atoms with Gasteiger partial charge < -0.3 is 10.2 Å². The zero-order chi connectivity index (χ0) is 13.1. The SMILES string of the molecule is CC(C)C1CSC(Nc2ccccc2N(C)C)=N1. The number of aliphatic imine (C=N–C) groups is 1. The summed E-state index contributed by atoms with van der Waals surface area (Å²) in [7, 11) is 4.11. The van der Waals surface area contributed by atoms with Crippen molar-refractivity contribution < 1.29 is 0 Å². The third-order valence-corrected chi connectivity index (χ3v) is 4.06. The Morgan fingerprint density at radius 3 is 2.67 bits per heavy atom. The van der Waals surface area contributed by atoms with E-state index in [0.29, 0.717) is 12.0 Å². The molecule has 0 aliphatic carbocycles. The van der Waals surface area contributed by atoms with Gasteiger partial charge in [0.15, 0.2) is 5.17 Å². The second-order valence-electron chi connectivity index (χ2n) is 5.09. The highest BCUT2D eigenvalue weighted by atomic mass is 32.2. The van der Waals surface area contributed by atoms with Gasteiger partial charge in [0.25, 0.3) is 0 Å². The monoisotopic (exact) mass is 263 g/mol. The van der Waals surface area contributed by atoms with Gasteiger partial charge in [-0.05, 0) is 18.1 Å². The molecule has 1 atom stereocenters. The largest absolute Gasteiger partial charge is 0.376 e. The number of anilines is 2. The second-order valence-corrected chi connectivity index (χ2v) is 6.10.